The zero-order chi connectivity index (χ0) is 17.8. The second-order valence-corrected chi connectivity index (χ2v) is 6.81. The Bertz CT molecular complexity index is 896. The van der Waals surface area contributed by atoms with Crippen LogP contribution < -0.4 is 10.1 Å². The fraction of sp³-hybridized carbons (Fsp3) is 0.111. The number of ether oxygens (including phenoxy) is 1. The number of para-hydroxylation sites is 1. The van der Waals surface area contributed by atoms with Crippen molar-refractivity contribution < 1.29 is 13.9 Å². The van der Waals surface area contributed by atoms with E-state index < -0.39 is 0 Å². The van der Waals surface area contributed by atoms with Crippen molar-refractivity contribution in [3.05, 3.63) is 64.2 Å². The molecule has 3 rings (SSSR count). The summed E-state index contributed by atoms with van der Waals surface area (Å²) in [4.78, 5) is 17.4. The number of nitrogens with zero attached hydrogens (tertiary/aromatic N) is 1. The topological polar surface area (TPSA) is 51.2 Å². The van der Waals surface area contributed by atoms with Crippen molar-refractivity contribution in [3.8, 4) is 17.0 Å². The molecule has 0 unspecified atom stereocenters. The van der Waals surface area contributed by atoms with Gasteiger partial charge in [0.25, 0.3) is 5.91 Å². The van der Waals surface area contributed by atoms with Gasteiger partial charge in [-0.2, -0.15) is 0 Å². The van der Waals surface area contributed by atoms with Crippen LogP contribution in [-0.2, 0) is 4.79 Å². The van der Waals surface area contributed by atoms with Gasteiger partial charge in [-0.3, -0.25) is 10.1 Å². The number of rotatable bonds is 5. The average molecular weight is 377 g/mol. The number of aromatic nitrogens is 1. The molecule has 128 valence electrons. The second kappa shape index (κ2) is 7.63. The largest absolute Gasteiger partial charge is 0.482 e. The van der Waals surface area contributed by atoms with E-state index in [1.54, 1.807) is 36.4 Å². The van der Waals surface area contributed by atoms with Crippen LogP contribution in [0.15, 0.2) is 48.5 Å². The molecular weight excluding hydrogens is 363 g/mol. The van der Waals surface area contributed by atoms with Crippen molar-refractivity contribution in [1.29, 1.82) is 0 Å². The molecule has 0 aliphatic carbocycles. The first-order valence-corrected chi connectivity index (χ1v) is 8.63. The highest BCUT2D eigenvalue weighted by molar-refractivity contribution is 7.16. The van der Waals surface area contributed by atoms with Crippen molar-refractivity contribution in [1.82, 2.24) is 4.98 Å². The van der Waals surface area contributed by atoms with E-state index in [-0.39, 0.29) is 18.3 Å². The molecule has 0 fully saturated rings. The van der Waals surface area contributed by atoms with Gasteiger partial charge in [-0.15, -0.1) is 11.3 Å². The molecular formula is C18H14ClFN2O2S. The first-order valence-electron chi connectivity index (χ1n) is 7.43. The van der Waals surface area contributed by atoms with Gasteiger partial charge in [0.05, 0.1) is 10.7 Å². The van der Waals surface area contributed by atoms with Crippen LogP contribution in [0.2, 0.25) is 5.02 Å². The van der Waals surface area contributed by atoms with Crippen molar-refractivity contribution in [2.45, 2.75) is 6.92 Å². The van der Waals surface area contributed by atoms with Crippen LogP contribution >= 0.6 is 22.9 Å². The monoisotopic (exact) mass is 376 g/mol. The minimum absolute atomic E-state index is 0.172. The maximum Gasteiger partial charge on any atom is 0.264 e. The SMILES string of the molecule is Cc1sc(NC(=O)COc2ccccc2Cl)nc1-c1ccc(F)cc1. The third kappa shape index (κ3) is 4.35. The van der Waals surface area contributed by atoms with Gasteiger partial charge < -0.3 is 4.74 Å². The summed E-state index contributed by atoms with van der Waals surface area (Å²) in [6.07, 6.45) is 0. The van der Waals surface area contributed by atoms with Gasteiger partial charge in [-0.05, 0) is 43.3 Å². The van der Waals surface area contributed by atoms with E-state index in [0.717, 1.165) is 10.4 Å². The van der Waals surface area contributed by atoms with E-state index in [9.17, 15) is 9.18 Å². The number of amides is 1. The fourth-order valence-corrected chi connectivity index (χ4v) is 3.23. The summed E-state index contributed by atoms with van der Waals surface area (Å²) in [5.41, 5.74) is 1.51. The molecule has 0 saturated carbocycles. The van der Waals surface area contributed by atoms with E-state index in [0.29, 0.717) is 21.6 Å². The van der Waals surface area contributed by atoms with Gasteiger partial charge >= 0.3 is 0 Å². The summed E-state index contributed by atoms with van der Waals surface area (Å²) in [6.45, 7) is 1.72. The normalized spacial score (nSPS) is 10.5. The van der Waals surface area contributed by atoms with Crippen molar-refractivity contribution in [3.63, 3.8) is 0 Å². The van der Waals surface area contributed by atoms with Crippen LogP contribution in [0.3, 0.4) is 0 Å². The molecule has 7 heteroatoms. The molecule has 3 aromatic rings. The molecule has 1 aromatic heterocycles. The number of halogens is 2. The van der Waals surface area contributed by atoms with Crippen molar-refractivity contribution in [2.75, 3.05) is 11.9 Å². The van der Waals surface area contributed by atoms with Crippen LogP contribution in [0.25, 0.3) is 11.3 Å². The second-order valence-electron chi connectivity index (χ2n) is 5.20. The number of hydrogen-bond acceptors (Lipinski definition) is 4. The van der Waals surface area contributed by atoms with Gasteiger partial charge in [0.15, 0.2) is 11.7 Å². The molecule has 0 bridgehead atoms. The Morgan fingerprint density at radius 2 is 1.96 bits per heavy atom. The van der Waals surface area contributed by atoms with Crippen LogP contribution in [0.5, 0.6) is 5.75 Å². The van der Waals surface area contributed by atoms with Crippen molar-refractivity contribution >= 4 is 34.0 Å². The lowest BCUT2D eigenvalue weighted by Crippen LogP contribution is -2.20. The van der Waals surface area contributed by atoms with Gasteiger partial charge in [0.1, 0.15) is 11.6 Å². The molecule has 25 heavy (non-hydrogen) atoms. The average Bonchev–Trinajstić information content (AvgIpc) is 2.95. The number of aryl methyl sites for hydroxylation is 1. The maximum atomic E-state index is 13.0. The zero-order valence-corrected chi connectivity index (χ0v) is 14.8. The van der Waals surface area contributed by atoms with Crippen molar-refractivity contribution in [2.24, 2.45) is 0 Å². The highest BCUT2D eigenvalue weighted by atomic mass is 35.5. The highest BCUT2D eigenvalue weighted by Gasteiger charge is 2.13. The molecule has 1 heterocycles. The number of benzene rings is 2. The summed E-state index contributed by atoms with van der Waals surface area (Å²) in [5, 5.41) is 3.61. The molecule has 2 aromatic carbocycles. The Morgan fingerprint density at radius 1 is 1.24 bits per heavy atom. The third-order valence-corrected chi connectivity index (χ3v) is 4.55. The van der Waals surface area contributed by atoms with Gasteiger partial charge in [0.2, 0.25) is 0 Å². The van der Waals surface area contributed by atoms with Crippen LogP contribution in [0.1, 0.15) is 4.88 Å². The summed E-state index contributed by atoms with van der Waals surface area (Å²) < 4.78 is 18.4. The first-order chi connectivity index (χ1) is 12.0. The minimum Gasteiger partial charge on any atom is -0.482 e. The third-order valence-electron chi connectivity index (χ3n) is 3.36. The quantitative estimate of drug-likeness (QED) is 0.687. The molecule has 0 radical (unpaired) electrons. The zero-order valence-electron chi connectivity index (χ0n) is 13.3. The highest BCUT2D eigenvalue weighted by Crippen LogP contribution is 2.30. The van der Waals surface area contributed by atoms with Gasteiger partial charge in [-0.1, -0.05) is 23.7 Å². The fourth-order valence-electron chi connectivity index (χ4n) is 2.19. The summed E-state index contributed by atoms with van der Waals surface area (Å²) in [6, 6.07) is 13.0. The molecule has 0 atom stereocenters. The summed E-state index contributed by atoms with van der Waals surface area (Å²) in [5.74, 6) is -0.192. The Labute approximate surface area is 153 Å². The Morgan fingerprint density at radius 3 is 2.68 bits per heavy atom. The van der Waals surface area contributed by atoms with Crippen LogP contribution in [0, 0.1) is 12.7 Å². The van der Waals surface area contributed by atoms with E-state index in [1.807, 2.05) is 6.92 Å². The maximum absolute atomic E-state index is 13.0. The lowest BCUT2D eigenvalue weighted by molar-refractivity contribution is -0.118. The number of carbonyl (C=O) groups is 1. The number of thiazole rings is 1. The molecule has 0 aliphatic rings. The Hall–Kier alpha value is -2.44. The molecule has 0 aliphatic heterocycles. The lowest BCUT2D eigenvalue weighted by atomic mass is 10.1. The predicted octanol–water partition coefficient (Wildman–Crippen LogP) is 4.93. The molecule has 4 nitrogen and oxygen atoms in total. The number of nitrogens with one attached hydrogen (secondary N) is 1. The lowest BCUT2D eigenvalue weighted by Gasteiger charge is -2.07. The molecule has 0 spiro atoms. The Balaban J connectivity index is 1.65. The molecule has 1 amide bonds. The summed E-state index contributed by atoms with van der Waals surface area (Å²) >= 11 is 7.33. The minimum atomic E-state index is -0.334. The predicted molar refractivity (Wildman–Crippen MR) is 97.8 cm³/mol. The van der Waals surface area contributed by atoms with Gasteiger partial charge in [0, 0.05) is 10.4 Å². The first kappa shape index (κ1) is 17.4. The van der Waals surface area contributed by atoms with Gasteiger partial charge in [-0.25, -0.2) is 9.37 Å². The van der Waals surface area contributed by atoms with E-state index >= 15 is 0 Å². The van der Waals surface area contributed by atoms with E-state index in [2.05, 4.69) is 10.3 Å². The number of hydrogen-bond donors (Lipinski definition) is 1. The number of carbonyl (C=O) groups excluding carboxylic acids is 1. The Kier molecular flexibility index (Phi) is 5.31. The molecule has 1 N–H and O–H groups in total. The smallest absolute Gasteiger partial charge is 0.264 e. The summed E-state index contributed by atoms with van der Waals surface area (Å²) in [7, 11) is 0. The van der Waals surface area contributed by atoms with E-state index in [1.165, 1.54) is 23.5 Å². The van der Waals surface area contributed by atoms with E-state index in [4.69, 9.17) is 16.3 Å². The standard InChI is InChI=1S/C18H14ClFN2O2S/c1-11-17(12-6-8-13(20)9-7-12)22-18(25-11)21-16(23)10-24-15-5-3-2-4-14(15)19/h2-9H,10H2,1H3,(H,21,22,23). The number of anilines is 1. The van der Waals surface area contributed by atoms with Crippen LogP contribution in [-0.4, -0.2) is 17.5 Å². The van der Waals surface area contributed by atoms with Crippen LogP contribution in [0.4, 0.5) is 9.52 Å². The molecule has 0 saturated heterocycles.